The van der Waals surface area contributed by atoms with Crippen LogP contribution in [-0.4, -0.2) is 80.9 Å². The van der Waals surface area contributed by atoms with E-state index in [-0.39, 0.29) is 23.9 Å². The second-order valence-corrected chi connectivity index (χ2v) is 14.8. The maximum Gasteiger partial charge on any atom is 0.500 e. The Hall–Kier alpha value is -4.10. The second kappa shape index (κ2) is 38.6. The fourth-order valence-corrected chi connectivity index (χ4v) is 5.18. The number of carbonyl (C=O) groups excluding carboxylic acids is 4. The van der Waals surface area contributed by atoms with Crippen LogP contribution in [0.25, 0.3) is 6.08 Å². The van der Waals surface area contributed by atoms with E-state index in [0.29, 0.717) is 54.9 Å². The highest BCUT2D eigenvalue weighted by Gasteiger charge is 2.37. The van der Waals surface area contributed by atoms with Crippen LogP contribution >= 0.6 is 0 Å². The molecule has 0 amide bonds. The lowest BCUT2D eigenvalue weighted by molar-refractivity contribution is -0.140. The highest BCUT2D eigenvalue weighted by molar-refractivity contribution is 6.60. The SMILES string of the molecule is C=C(C)C(=O)OC.C=C(C)C(=O)OCCCC.C=C(C)C(=O)OCCC[Si](OC)(OC)OC.C=CC(=O)OCC(CC)CCCC.C=Cc1ccccc1. The van der Waals surface area contributed by atoms with Crippen LogP contribution in [0.2, 0.25) is 6.04 Å². The Bertz CT molecular complexity index is 1200. The van der Waals surface area contributed by atoms with Crippen molar-refractivity contribution < 1.29 is 51.4 Å². The van der Waals surface area contributed by atoms with Crippen molar-refractivity contribution in [3.8, 4) is 0 Å². The first-order chi connectivity index (χ1) is 25.5. The van der Waals surface area contributed by atoms with Gasteiger partial charge in [-0.1, -0.05) is 116 Å². The van der Waals surface area contributed by atoms with E-state index in [1.165, 1.54) is 31.6 Å². The van der Waals surface area contributed by atoms with E-state index < -0.39 is 8.80 Å². The van der Waals surface area contributed by atoms with Crippen molar-refractivity contribution in [3.05, 3.63) is 91.6 Å². The van der Waals surface area contributed by atoms with Crippen LogP contribution in [0, 0.1) is 5.92 Å². The van der Waals surface area contributed by atoms with E-state index in [1.54, 1.807) is 42.1 Å². The number of benzene rings is 1. The van der Waals surface area contributed by atoms with E-state index in [0.717, 1.165) is 25.7 Å². The van der Waals surface area contributed by atoms with Crippen molar-refractivity contribution in [1.82, 2.24) is 0 Å². The Kier molecular flexibility index (Phi) is 40.5. The normalized spacial score (nSPS) is 10.2. The van der Waals surface area contributed by atoms with E-state index >= 15 is 0 Å². The monoisotopic (exact) mass is 778 g/mol. The zero-order valence-corrected chi connectivity index (χ0v) is 35.9. The topological polar surface area (TPSA) is 133 Å². The molecule has 0 N–H and O–H groups in total. The third-order valence-electron chi connectivity index (χ3n) is 6.96. The molecule has 0 saturated carbocycles. The van der Waals surface area contributed by atoms with Gasteiger partial charge in [-0.2, -0.15) is 0 Å². The minimum Gasteiger partial charge on any atom is -0.466 e. The molecule has 0 aromatic heterocycles. The van der Waals surface area contributed by atoms with Gasteiger partial charge >= 0.3 is 32.7 Å². The quantitative estimate of drug-likeness (QED) is 0.0389. The average Bonchev–Trinajstić information content (AvgIpc) is 3.18. The smallest absolute Gasteiger partial charge is 0.466 e. The minimum absolute atomic E-state index is 0.284. The summed E-state index contributed by atoms with van der Waals surface area (Å²) in [5.74, 6) is -0.799. The van der Waals surface area contributed by atoms with Gasteiger partial charge in [-0.25, -0.2) is 19.2 Å². The Labute approximate surface area is 327 Å². The lowest BCUT2D eigenvalue weighted by Crippen LogP contribution is -2.42. The molecule has 308 valence electrons. The fraction of sp³-hybridized carbons (Fsp3) is 0.524. The number of carbonyl (C=O) groups is 4. The molecule has 54 heavy (non-hydrogen) atoms. The Balaban J connectivity index is -0.000000298. The zero-order valence-electron chi connectivity index (χ0n) is 34.9. The van der Waals surface area contributed by atoms with Gasteiger partial charge < -0.3 is 32.2 Å². The molecule has 11 nitrogen and oxygen atoms in total. The van der Waals surface area contributed by atoms with Gasteiger partial charge in [-0.15, -0.1) is 0 Å². The number of unbranched alkanes of at least 4 members (excludes halogenated alkanes) is 2. The van der Waals surface area contributed by atoms with Crippen molar-refractivity contribution in [2.75, 3.05) is 48.3 Å². The molecule has 1 rings (SSSR count). The molecule has 0 aliphatic rings. The molecule has 0 heterocycles. The van der Waals surface area contributed by atoms with Gasteiger partial charge in [0.25, 0.3) is 0 Å². The third kappa shape index (κ3) is 35.0. The van der Waals surface area contributed by atoms with Crippen LogP contribution in [0.4, 0.5) is 0 Å². The minimum atomic E-state index is -2.53. The Morgan fingerprint density at radius 2 is 1.15 bits per heavy atom. The molecule has 0 aliphatic carbocycles. The molecular formula is C42H70O11Si. The third-order valence-corrected chi connectivity index (χ3v) is 9.79. The maximum atomic E-state index is 11.1. The van der Waals surface area contributed by atoms with Crippen molar-refractivity contribution in [1.29, 1.82) is 0 Å². The summed E-state index contributed by atoms with van der Waals surface area (Å²) in [4.78, 5) is 42.7. The molecule has 0 radical (unpaired) electrons. The molecule has 1 aromatic rings. The predicted molar refractivity (Wildman–Crippen MR) is 220 cm³/mol. The van der Waals surface area contributed by atoms with Crippen LogP contribution in [0.1, 0.15) is 92.1 Å². The molecule has 0 saturated heterocycles. The van der Waals surface area contributed by atoms with Crippen LogP contribution in [-0.2, 0) is 51.4 Å². The molecule has 0 fully saturated rings. The number of methoxy groups -OCH3 is 1. The zero-order chi connectivity index (χ0) is 42.4. The first kappa shape index (κ1) is 56.6. The number of hydrogen-bond donors (Lipinski definition) is 0. The summed E-state index contributed by atoms with van der Waals surface area (Å²) in [7, 11) is 3.46. The van der Waals surface area contributed by atoms with Gasteiger partial charge in [0.1, 0.15) is 0 Å². The van der Waals surface area contributed by atoms with Gasteiger partial charge in [0.05, 0.1) is 26.9 Å². The first-order valence-corrected chi connectivity index (χ1v) is 20.0. The van der Waals surface area contributed by atoms with Gasteiger partial charge in [0.15, 0.2) is 0 Å². The summed E-state index contributed by atoms with van der Waals surface area (Å²) in [6.45, 7) is 29.9. The Morgan fingerprint density at radius 3 is 1.46 bits per heavy atom. The van der Waals surface area contributed by atoms with Gasteiger partial charge in [-0.3, -0.25) is 0 Å². The summed E-state index contributed by atoms with van der Waals surface area (Å²) in [5, 5.41) is 0. The second-order valence-electron chi connectivity index (χ2n) is 11.7. The van der Waals surface area contributed by atoms with E-state index in [2.05, 4.69) is 58.4 Å². The van der Waals surface area contributed by atoms with Crippen LogP contribution in [0.3, 0.4) is 0 Å². The summed E-state index contributed by atoms with van der Waals surface area (Å²) in [5.41, 5.74) is 2.47. The highest BCUT2D eigenvalue weighted by atomic mass is 28.4. The largest absolute Gasteiger partial charge is 0.500 e. The van der Waals surface area contributed by atoms with Crippen LogP contribution < -0.4 is 0 Å². The van der Waals surface area contributed by atoms with Crippen molar-refractivity contribution in [2.45, 2.75) is 92.5 Å². The molecule has 0 aliphatic heterocycles. The Morgan fingerprint density at radius 1 is 0.685 bits per heavy atom. The molecule has 1 atom stereocenters. The number of hydrogen-bond acceptors (Lipinski definition) is 11. The van der Waals surface area contributed by atoms with Crippen molar-refractivity contribution in [3.63, 3.8) is 0 Å². The van der Waals surface area contributed by atoms with Gasteiger partial charge in [-0.05, 0) is 51.5 Å². The molecule has 0 spiro atoms. The standard InChI is InChI=1S/C11H20O2.C10H20O5Si.C8H14O2.C8H8.C5H8O2/c1-4-7-8-10(5-2)9-13-11(12)6-3;1-9(2)10(11)15-7-6-8-16(12-3,13-4)14-5;1-4-5-6-10-8(9)7(2)3;1-2-8-6-4-3-5-7-8;1-4(2)5(6)7-3/h6,10H,3-5,7-9H2,1-2H3;1,6-8H2,2-5H3;2,4-6H2,1,3H3;2-7H,1H2;1H2,2-3H3. The molecule has 12 heteroatoms. The summed E-state index contributed by atoms with van der Waals surface area (Å²) < 4.78 is 34.7. The number of ether oxygens (including phenoxy) is 4. The van der Waals surface area contributed by atoms with Crippen LogP contribution in [0.5, 0.6) is 0 Å². The molecule has 0 bridgehead atoms. The summed E-state index contributed by atoms with van der Waals surface area (Å²) >= 11 is 0. The van der Waals surface area contributed by atoms with E-state index in [9.17, 15) is 19.2 Å². The first-order valence-electron chi connectivity index (χ1n) is 18.1. The lowest BCUT2D eigenvalue weighted by atomic mass is 10.0. The summed E-state index contributed by atoms with van der Waals surface area (Å²) in [6.07, 6.45) is 10.3. The molecule has 1 aromatic carbocycles. The highest BCUT2D eigenvalue weighted by Crippen LogP contribution is 2.15. The fourth-order valence-electron chi connectivity index (χ4n) is 3.49. The summed E-state index contributed by atoms with van der Waals surface area (Å²) in [6, 6.07) is 10.6. The van der Waals surface area contributed by atoms with Gasteiger partial charge in [0, 0.05) is 50.2 Å². The average molecular weight is 779 g/mol. The van der Waals surface area contributed by atoms with E-state index in [4.69, 9.17) is 27.5 Å². The van der Waals surface area contributed by atoms with Gasteiger partial charge in [0.2, 0.25) is 0 Å². The predicted octanol–water partition coefficient (Wildman–Crippen LogP) is 9.28. The number of esters is 4. The lowest BCUT2D eigenvalue weighted by Gasteiger charge is -2.24. The van der Waals surface area contributed by atoms with E-state index in [1.807, 2.05) is 36.4 Å². The molecular weight excluding hydrogens is 709 g/mol. The number of rotatable bonds is 21. The molecule has 1 unspecified atom stereocenters. The van der Waals surface area contributed by atoms with Crippen molar-refractivity contribution >= 4 is 38.8 Å². The van der Waals surface area contributed by atoms with Crippen molar-refractivity contribution in [2.24, 2.45) is 5.92 Å². The maximum absolute atomic E-state index is 11.1. The van der Waals surface area contributed by atoms with Crippen LogP contribution in [0.15, 0.2) is 86.0 Å².